The summed E-state index contributed by atoms with van der Waals surface area (Å²) in [5.41, 5.74) is 3.51. The molecule has 0 unspecified atom stereocenters. The summed E-state index contributed by atoms with van der Waals surface area (Å²) in [7, 11) is 0. The molecular weight excluding hydrogens is 291 g/mol. The zero-order chi connectivity index (χ0) is 16.1. The van der Waals surface area contributed by atoms with Crippen LogP contribution in [0.3, 0.4) is 0 Å². The molecule has 0 aromatic heterocycles. The molecule has 0 saturated carbocycles. The minimum absolute atomic E-state index is 0.0155. The third kappa shape index (κ3) is 4.09. The number of carbonyl (C=O) groups is 1. The number of para-hydroxylation sites is 1. The molecule has 0 atom stereocenters. The van der Waals surface area contributed by atoms with Crippen molar-refractivity contribution >= 4 is 11.6 Å². The number of hydrogen-bond acceptors (Lipinski definition) is 2. The molecule has 3 nitrogen and oxygen atoms in total. The van der Waals surface area contributed by atoms with E-state index in [1.807, 2.05) is 6.07 Å². The van der Waals surface area contributed by atoms with E-state index in [4.69, 9.17) is 0 Å². The SMILES string of the molecule is O=C(CCc1cccc(F)c1)NCCN1CCc2ccccc21. The third-order valence-corrected chi connectivity index (χ3v) is 4.22. The Morgan fingerprint density at radius 1 is 1.17 bits per heavy atom. The number of anilines is 1. The van der Waals surface area contributed by atoms with Crippen molar-refractivity contribution < 1.29 is 9.18 Å². The molecule has 2 aromatic carbocycles. The lowest BCUT2D eigenvalue weighted by Gasteiger charge is -2.19. The molecule has 0 saturated heterocycles. The molecule has 3 rings (SSSR count). The van der Waals surface area contributed by atoms with Crippen molar-refractivity contribution in [1.82, 2.24) is 5.32 Å². The van der Waals surface area contributed by atoms with Gasteiger partial charge >= 0.3 is 0 Å². The summed E-state index contributed by atoms with van der Waals surface area (Å²) in [5, 5.41) is 2.95. The Bertz CT molecular complexity index is 687. The highest BCUT2D eigenvalue weighted by Gasteiger charge is 2.17. The Morgan fingerprint density at radius 3 is 2.91 bits per heavy atom. The molecule has 0 radical (unpaired) electrons. The van der Waals surface area contributed by atoms with Gasteiger partial charge in [-0.3, -0.25) is 4.79 Å². The average Bonchev–Trinajstić information content (AvgIpc) is 2.97. The van der Waals surface area contributed by atoms with Gasteiger partial charge in [0.1, 0.15) is 5.82 Å². The smallest absolute Gasteiger partial charge is 0.220 e. The molecule has 1 N–H and O–H groups in total. The summed E-state index contributed by atoms with van der Waals surface area (Å²) in [6, 6.07) is 14.8. The number of carbonyl (C=O) groups excluding carboxylic acids is 1. The average molecular weight is 312 g/mol. The Morgan fingerprint density at radius 2 is 2.04 bits per heavy atom. The van der Waals surface area contributed by atoms with E-state index in [0.29, 0.717) is 19.4 Å². The van der Waals surface area contributed by atoms with Crippen LogP contribution < -0.4 is 10.2 Å². The molecule has 0 bridgehead atoms. The van der Waals surface area contributed by atoms with E-state index < -0.39 is 0 Å². The summed E-state index contributed by atoms with van der Waals surface area (Å²) in [4.78, 5) is 14.2. The molecule has 0 fully saturated rings. The van der Waals surface area contributed by atoms with Crippen molar-refractivity contribution in [2.24, 2.45) is 0 Å². The van der Waals surface area contributed by atoms with Crippen LogP contribution in [0.25, 0.3) is 0 Å². The molecule has 0 spiro atoms. The topological polar surface area (TPSA) is 32.3 Å². The third-order valence-electron chi connectivity index (χ3n) is 4.22. The first-order valence-electron chi connectivity index (χ1n) is 8.06. The summed E-state index contributed by atoms with van der Waals surface area (Å²) in [5.74, 6) is -0.239. The van der Waals surface area contributed by atoms with Gasteiger partial charge in [-0.2, -0.15) is 0 Å². The van der Waals surface area contributed by atoms with E-state index in [2.05, 4.69) is 34.5 Å². The van der Waals surface area contributed by atoms with Gasteiger partial charge in [-0.15, -0.1) is 0 Å². The molecule has 1 amide bonds. The maximum Gasteiger partial charge on any atom is 0.220 e. The molecule has 2 aromatic rings. The Balaban J connectivity index is 1.40. The number of aryl methyl sites for hydroxylation is 1. The standard InChI is InChI=1S/C19H21FN2O/c20-17-6-3-4-15(14-17)8-9-19(23)21-11-13-22-12-10-16-5-1-2-7-18(16)22/h1-7,14H,8-13H2,(H,21,23). The van der Waals surface area contributed by atoms with Crippen LogP contribution in [0.15, 0.2) is 48.5 Å². The zero-order valence-corrected chi connectivity index (χ0v) is 13.1. The van der Waals surface area contributed by atoms with Gasteiger partial charge in [0.15, 0.2) is 0 Å². The molecule has 1 aliphatic heterocycles. The van der Waals surface area contributed by atoms with Crippen molar-refractivity contribution in [3.63, 3.8) is 0 Å². The molecule has 1 aliphatic rings. The van der Waals surface area contributed by atoms with Crippen LogP contribution in [-0.2, 0) is 17.6 Å². The lowest BCUT2D eigenvalue weighted by molar-refractivity contribution is -0.120. The van der Waals surface area contributed by atoms with Crippen LogP contribution >= 0.6 is 0 Å². The fourth-order valence-electron chi connectivity index (χ4n) is 3.01. The van der Waals surface area contributed by atoms with E-state index in [0.717, 1.165) is 25.1 Å². The summed E-state index contributed by atoms with van der Waals surface area (Å²) in [6.07, 6.45) is 2.03. The van der Waals surface area contributed by atoms with E-state index >= 15 is 0 Å². The molecular formula is C19H21FN2O. The van der Waals surface area contributed by atoms with Gasteiger partial charge in [0, 0.05) is 31.7 Å². The molecule has 0 aliphatic carbocycles. The first kappa shape index (κ1) is 15.5. The highest BCUT2D eigenvalue weighted by Crippen LogP contribution is 2.26. The molecule has 4 heteroatoms. The Kier molecular flexibility index (Phi) is 4.91. The lowest BCUT2D eigenvalue weighted by Crippen LogP contribution is -2.34. The second-order valence-corrected chi connectivity index (χ2v) is 5.85. The predicted octanol–water partition coefficient (Wildman–Crippen LogP) is 2.94. The van der Waals surface area contributed by atoms with Crippen LogP contribution in [-0.4, -0.2) is 25.5 Å². The van der Waals surface area contributed by atoms with Gasteiger partial charge in [-0.25, -0.2) is 4.39 Å². The van der Waals surface area contributed by atoms with Gasteiger partial charge in [-0.05, 0) is 42.2 Å². The maximum absolute atomic E-state index is 13.1. The minimum atomic E-state index is -0.254. The zero-order valence-electron chi connectivity index (χ0n) is 13.1. The van der Waals surface area contributed by atoms with E-state index in [1.165, 1.54) is 23.4 Å². The van der Waals surface area contributed by atoms with Crippen LogP contribution in [0.4, 0.5) is 10.1 Å². The van der Waals surface area contributed by atoms with Crippen molar-refractivity contribution in [2.75, 3.05) is 24.5 Å². The predicted molar refractivity (Wildman–Crippen MR) is 90.1 cm³/mol. The number of nitrogens with one attached hydrogen (secondary N) is 1. The summed E-state index contributed by atoms with van der Waals surface area (Å²) in [6.45, 7) is 2.47. The van der Waals surface area contributed by atoms with Crippen LogP contribution in [0.1, 0.15) is 17.5 Å². The number of benzene rings is 2. The highest BCUT2D eigenvalue weighted by molar-refractivity contribution is 5.76. The van der Waals surface area contributed by atoms with E-state index in [9.17, 15) is 9.18 Å². The second-order valence-electron chi connectivity index (χ2n) is 5.85. The second kappa shape index (κ2) is 7.27. The number of fused-ring (bicyclic) bond motifs is 1. The summed E-state index contributed by atoms with van der Waals surface area (Å²) < 4.78 is 13.1. The normalized spacial score (nSPS) is 13.0. The first-order chi connectivity index (χ1) is 11.2. The van der Waals surface area contributed by atoms with Crippen molar-refractivity contribution in [2.45, 2.75) is 19.3 Å². The number of rotatable bonds is 6. The number of nitrogens with zero attached hydrogens (tertiary/aromatic N) is 1. The number of halogens is 1. The van der Waals surface area contributed by atoms with Gasteiger partial charge in [0.2, 0.25) is 5.91 Å². The number of amides is 1. The first-order valence-corrected chi connectivity index (χ1v) is 8.06. The Hall–Kier alpha value is -2.36. The van der Waals surface area contributed by atoms with Gasteiger partial charge < -0.3 is 10.2 Å². The lowest BCUT2D eigenvalue weighted by atomic mass is 10.1. The van der Waals surface area contributed by atoms with Gasteiger partial charge in [0.05, 0.1) is 0 Å². The quantitative estimate of drug-likeness (QED) is 0.889. The van der Waals surface area contributed by atoms with Crippen LogP contribution in [0.2, 0.25) is 0 Å². The van der Waals surface area contributed by atoms with Crippen molar-refractivity contribution in [3.8, 4) is 0 Å². The van der Waals surface area contributed by atoms with E-state index in [1.54, 1.807) is 6.07 Å². The fraction of sp³-hybridized carbons (Fsp3) is 0.316. The monoisotopic (exact) mass is 312 g/mol. The maximum atomic E-state index is 13.1. The van der Waals surface area contributed by atoms with Gasteiger partial charge in [-0.1, -0.05) is 30.3 Å². The minimum Gasteiger partial charge on any atom is -0.369 e. The van der Waals surface area contributed by atoms with Crippen LogP contribution in [0, 0.1) is 5.82 Å². The Labute approximate surface area is 136 Å². The van der Waals surface area contributed by atoms with Crippen molar-refractivity contribution in [3.05, 3.63) is 65.5 Å². The van der Waals surface area contributed by atoms with Crippen LogP contribution in [0.5, 0.6) is 0 Å². The van der Waals surface area contributed by atoms with Crippen molar-refractivity contribution in [1.29, 1.82) is 0 Å². The summed E-state index contributed by atoms with van der Waals surface area (Å²) >= 11 is 0. The molecule has 1 heterocycles. The molecule has 23 heavy (non-hydrogen) atoms. The van der Waals surface area contributed by atoms with E-state index in [-0.39, 0.29) is 11.7 Å². The number of hydrogen-bond donors (Lipinski definition) is 1. The molecule has 120 valence electrons. The largest absolute Gasteiger partial charge is 0.369 e. The highest BCUT2D eigenvalue weighted by atomic mass is 19.1. The van der Waals surface area contributed by atoms with Gasteiger partial charge in [0.25, 0.3) is 0 Å². The fourth-order valence-corrected chi connectivity index (χ4v) is 3.01.